The van der Waals surface area contributed by atoms with Gasteiger partial charge in [0, 0.05) is 35.1 Å². The molecule has 5 rings (SSSR count). The Morgan fingerprint density at radius 3 is 2.44 bits per heavy atom. The fraction of sp³-hybridized carbons (Fsp3) is 0.250. The molecule has 2 aromatic carbocycles. The molecule has 1 fully saturated rings. The maximum atomic E-state index is 14.9. The van der Waals surface area contributed by atoms with Gasteiger partial charge in [0.15, 0.2) is 0 Å². The number of nitrogens with one attached hydrogen (secondary N) is 3. The zero-order valence-corrected chi connectivity index (χ0v) is 22.9. The number of carbonyl (C=O) groups excluding carboxylic acids is 2. The molecule has 226 valence electrons. The molecule has 4 N–H and O–H groups in total. The Morgan fingerprint density at radius 2 is 1.79 bits per heavy atom. The van der Waals surface area contributed by atoms with Crippen LogP contribution >= 0.6 is 0 Å². The fourth-order valence-corrected chi connectivity index (χ4v) is 6.31. The van der Waals surface area contributed by atoms with E-state index < -0.39 is 55.8 Å². The number of H-pyrrole nitrogens is 1. The summed E-state index contributed by atoms with van der Waals surface area (Å²) in [5.41, 5.74) is -5.90. The van der Waals surface area contributed by atoms with E-state index in [1.54, 1.807) is 6.08 Å². The molecule has 1 heterocycles. The van der Waals surface area contributed by atoms with Crippen LogP contribution in [0.2, 0.25) is 0 Å². The number of carbonyl (C=O) groups is 3. The number of alkyl halides is 3. The number of fused-ring (bicyclic) bond motifs is 2. The van der Waals surface area contributed by atoms with Crippen LogP contribution in [0, 0.1) is 23.6 Å². The van der Waals surface area contributed by atoms with Crippen LogP contribution in [-0.4, -0.2) is 55.0 Å². The molecule has 10 nitrogen and oxygen atoms in total. The molecule has 1 aromatic heterocycles. The number of rotatable bonds is 8. The molecular weight excluding hydrogens is 598 g/mol. The molecule has 3 aromatic rings. The largest absolute Gasteiger partial charge is 0.501 e. The van der Waals surface area contributed by atoms with Gasteiger partial charge in [0.1, 0.15) is 17.3 Å². The highest BCUT2D eigenvalue weighted by Crippen LogP contribution is 2.45. The van der Waals surface area contributed by atoms with E-state index in [2.05, 4.69) is 15.6 Å². The number of anilines is 1. The lowest BCUT2D eigenvalue weighted by atomic mass is 9.87. The van der Waals surface area contributed by atoms with Crippen molar-refractivity contribution in [2.75, 3.05) is 12.4 Å². The van der Waals surface area contributed by atoms with Crippen LogP contribution in [0.4, 0.5) is 23.2 Å². The van der Waals surface area contributed by atoms with Gasteiger partial charge in [-0.25, -0.2) is 17.6 Å². The number of carboxylic acids is 1. The van der Waals surface area contributed by atoms with Crippen molar-refractivity contribution in [3.05, 3.63) is 77.9 Å². The van der Waals surface area contributed by atoms with Crippen molar-refractivity contribution in [1.82, 2.24) is 10.3 Å². The molecule has 0 unspecified atom stereocenters. The highest BCUT2D eigenvalue weighted by Gasteiger charge is 2.49. The van der Waals surface area contributed by atoms with E-state index in [4.69, 9.17) is 4.74 Å². The number of sulfone groups is 1. The molecule has 2 aliphatic carbocycles. The van der Waals surface area contributed by atoms with E-state index in [0.717, 1.165) is 18.2 Å². The molecule has 2 amide bonds. The molecule has 0 spiro atoms. The van der Waals surface area contributed by atoms with Gasteiger partial charge >= 0.3 is 11.5 Å². The highest BCUT2D eigenvalue weighted by molar-refractivity contribution is 7.92. The minimum absolute atomic E-state index is 0.0782. The first-order chi connectivity index (χ1) is 20.2. The molecule has 0 saturated heterocycles. The number of ether oxygens (including phenoxy) is 1. The number of halogens is 4. The Labute approximate surface area is 241 Å². The van der Waals surface area contributed by atoms with Crippen molar-refractivity contribution in [3.8, 4) is 16.9 Å². The molecule has 2 aliphatic rings. The van der Waals surface area contributed by atoms with Gasteiger partial charge in [-0.2, -0.15) is 13.2 Å². The number of aromatic carboxylic acids is 1. The average molecular weight is 622 g/mol. The summed E-state index contributed by atoms with van der Waals surface area (Å²) in [6, 6.07) is 6.38. The molecule has 0 radical (unpaired) electrons. The number of amides is 2. The lowest BCUT2D eigenvalue weighted by Gasteiger charge is -2.28. The summed E-state index contributed by atoms with van der Waals surface area (Å²) in [6.07, 6.45) is 5.39. The van der Waals surface area contributed by atoms with Gasteiger partial charge in [-0.05, 0) is 48.6 Å². The van der Waals surface area contributed by atoms with Gasteiger partial charge in [-0.3, -0.25) is 9.59 Å². The van der Waals surface area contributed by atoms with Crippen LogP contribution < -0.4 is 15.4 Å². The average Bonchev–Trinajstić information content (AvgIpc) is 3.69. The maximum absolute atomic E-state index is 14.9. The van der Waals surface area contributed by atoms with Crippen molar-refractivity contribution < 1.29 is 50.2 Å². The van der Waals surface area contributed by atoms with Gasteiger partial charge in [0.2, 0.25) is 5.91 Å². The van der Waals surface area contributed by atoms with Crippen molar-refractivity contribution in [2.45, 2.75) is 22.9 Å². The second-order valence-electron chi connectivity index (χ2n) is 10.1. The van der Waals surface area contributed by atoms with Crippen molar-refractivity contribution >= 4 is 33.3 Å². The summed E-state index contributed by atoms with van der Waals surface area (Å²) < 4.78 is 82.8. The second kappa shape index (κ2) is 10.9. The fourth-order valence-electron chi connectivity index (χ4n) is 5.50. The normalized spacial score (nSPS) is 21.0. The predicted octanol–water partition coefficient (Wildman–Crippen LogP) is 4.38. The van der Waals surface area contributed by atoms with Gasteiger partial charge in [0.25, 0.3) is 15.7 Å². The molecule has 2 bridgehead atoms. The summed E-state index contributed by atoms with van der Waals surface area (Å²) in [5, 5.41) is 14.4. The highest BCUT2D eigenvalue weighted by atomic mass is 32.2. The Hall–Kier alpha value is -4.66. The lowest BCUT2D eigenvalue weighted by Crippen LogP contribution is -2.47. The van der Waals surface area contributed by atoms with Gasteiger partial charge < -0.3 is 25.5 Å². The predicted molar refractivity (Wildman–Crippen MR) is 143 cm³/mol. The quantitative estimate of drug-likeness (QED) is 0.215. The van der Waals surface area contributed by atoms with Crippen LogP contribution in [0.15, 0.2) is 65.7 Å². The molecule has 43 heavy (non-hydrogen) atoms. The van der Waals surface area contributed by atoms with Crippen LogP contribution in [-0.2, 0) is 14.6 Å². The third-order valence-electron chi connectivity index (χ3n) is 7.53. The summed E-state index contributed by atoms with van der Waals surface area (Å²) in [7, 11) is -4.42. The maximum Gasteiger partial charge on any atom is 0.501 e. The van der Waals surface area contributed by atoms with E-state index in [1.165, 1.54) is 31.5 Å². The van der Waals surface area contributed by atoms with Gasteiger partial charge in [-0.15, -0.1) is 0 Å². The van der Waals surface area contributed by atoms with Crippen molar-refractivity contribution in [1.29, 1.82) is 0 Å². The van der Waals surface area contributed by atoms with Crippen LogP contribution in [0.1, 0.15) is 27.3 Å². The third kappa shape index (κ3) is 5.47. The number of benzene rings is 2. The monoisotopic (exact) mass is 621 g/mol. The van der Waals surface area contributed by atoms with Crippen LogP contribution in [0.25, 0.3) is 11.1 Å². The van der Waals surface area contributed by atoms with E-state index in [9.17, 15) is 45.5 Å². The minimum Gasteiger partial charge on any atom is -0.496 e. The SMILES string of the molecule is COc1cc(F)c(-c2c[nH]c(C(=O)O)c2)cc1C(=O)N[C@H]1[C@@H](C(=O)Nc2cccc(S(=O)(=O)C(F)(F)F)c2)[C@@H]2C=C[C@H]1C2. The molecular formula is C28H23F4N3O7S. The zero-order chi connectivity index (χ0) is 31.3. The van der Waals surface area contributed by atoms with Gasteiger partial charge in [0.05, 0.1) is 23.5 Å². The number of aromatic nitrogens is 1. The summed E-state index contributed by atoms with van der Waals surface area (Å²) in [4.78, 5) is 39.6. The number of hydrogen-bond donors (Lipinski definition) is 4. The van der Waals surface area contributed by atoms with Gasteiger partial charge in [-0.1, -0.05) is 18.2 Å². The Bertz CT molecular complexity index is 1770. The van der Waals surface area contributed by atoms with E-state index in [0.29, 0.717) is 12.5 Å². The minimum atomic E-state index is -5.64. The zero-order valence-electron chi connectivity index (χ0n) is 22.1. The number of aromatic amines is 1. The topological polar surface area (TPSA) is 155 Å². The van der Waals surface area contributed by atoms with Crippen LogP contribution in [0.5, 0.6) is 5.75 Å². The van der Waals surface area contributed by atoms with Crippen molar-refractivity contribution in [3.63, 3.8) is 0 Å². The summed E-state index contributed by atoms with van der Waals surface area (Å²) in [5.74, 6) is -4.98. The Morgan fingerprint density at radius 1 is 1.07 bits per heavy atom. The molecule has 4 atom stereocenters. The first kappa shape index (κ1) is 29.8. The number of methoxy groups -OCH3 is 1. The molecule has 15 heteroatoms. The standard InChI is InChI=1S/C28H23F4N3O7S/c1-42-22-11-20(29)18(15-8-21(27(38)39)33-12-15)10-19(22)25(36)35-24-14-6-5-13(7-14)23(24)26(37)34-16-3-2-4-17(9-16)43(40,41)28(30,31)32/h2-6,8-14,23-24,33H,7H2,1H3,(H,34,37)(H,35,36)(H,38,39)/t13-,14+,23+,24-/m1/s1. The molecule has 1 saturated carbocycles. The first-order valence-electron chi connectivity index (χ1n) is 12.7. The van der Waals surface area contributed by atoms with E-state index in [1.807, 2.05) is 6.08 Å². The summed E-state index contributed by atoms with van der Waals surface area (Å²) >= 11 is 0. The Kier molecular flexibility index (Phi) is 7.54. The van der Waals surface area contributed by atoms with Crippen molar-refractivity contribution in [2.24, 2.45) is 17.8 Å². The van der Waals surface area contributed by atoms with E-state index >= 15 is 0 Å². The smallest absolute Gasteiger partial charge is 0.496 e. The Balaban J connectivity index is 1.40. The summed E-state index contributed by atoms with van der Waals surface area (Å²) in [6.45, 7) is 0. The third-order valence-corrected chi connectivity index (χ3v) is 9.02. The first-order valence-corrected chi connectivity index (χ1v) is 14.2. The number of carboxylic acid groups (broad SMARTS) is 1. The lowest BCUT2D eigenvalue weighted by molar-refractivity contribution is -0.121. The number of allylic oxidation sites excluding steroid dienone is 1. The van der Waals surface area contributed by atoms with E-state index in [-0.39, 0.29) is 45.7 Å². The number of hydrogen-bond acceptors (Lipinski definition) is 6. The molecule has 0 aliphatic heterocycles. The second-order valence-corrected chi connectivity index (χ2v) is 12.0. The van der Waals surface area contributed by atoms with Crippen LogP contribution in [0.3, 0.4) is 0 Å².